The monoisotopic (exact) mass is 725 g/mol. The summed E-state index contributed by atoms with van der Waals surface area (Å²) in [5, 5.41) is 11.0. The fourth-order valence-corrected chi connectivity index (χ4v) is 15.9. The Bertz CT molecular complexity index is 3020. The highest BCUT2D eigenvalue weighted by Crippen LogP contribution is 2.46. The number of hydrogen-bond acceptors (Lipinski definition) is 2. The Kier molecular flexibility index (Phi) is 6.60. The molecule has 0 N–H and O–H groups in total. The van der Waals surface area contributed by atoms with E-state index in [0.717, 1.165) is 16.9 Å². The molecule has 54 heavy (non-hydrogen) atoms. The number of furan rings is 1. The van der Waals surface area contributed by atoms with Crippen LogP contribution in [-0.2, 0) is 0 Å². The summed E-state index contributed by atoms with van der Waals surface area (Å²) in [7, 11) is -3.99. The molecule has 9 aromatic rings. The SMILES string of the molecule is C[Si]1(C)c2ccccc2-c2c(N(c3cccc(-c4ccc5ccccc5c4)c3)c3ccc4c(c3)[Si](C)(C)c3ccc5oc6ccccc6c5c3-4)cccc21. The van der Waals surface area contributed by atoms with E-state index in [2.05, 4.69) is 195 Å². The molecule has 8 aromatic carbocycles. The molecule has 258 valence electrons. The summed E-state index contributed by atoms with van der Waals surface area (Å²) >= 11 is 0. The highest BCUT2D eigenvalue weighted by atomic mass is 28.3. The Balaban J connectivity index is 1.15. The van der Waals surface area contributed by atoms with Crippen molar-refractivity contribution in [2.45, 2.75) is 26.2 Å². The number of hydrogen-bond donors (Lipinski definition) is 0. The van der Waals surface area contributed by atoms with Gasteiger partial charge in [0.25, 0.3) is 0 Å². The van der Waals surface area contributed by atoms with Gasteiger partial charge in [0.1, 0.15) is 27.3 Å². The van der Waals surface area contributed by atoms with Crippen LogP contribution in [0.15, 0.2) is 168 Å². The van der Waals surface area contributed by atoms with E-state index in [9.17, 15) is 0 Å². The van der Waals surface area contributed by atoms with Gasteiger partial charge >= 0.3 is 0 Å². The molecule has 0 radical (unpaired) electrons. The van der Waals surface area contributed by atoms with Crippen molar-refractivity contribution in [1.29, 1.82) is 0 Å². The first-order chi connectivity index (χ1) is 26.3. The third kappa shape index (κ3) is 4.38. The topological polar surface area (TPSA) is 16.4 Å². The van der Waals surface area contributed by atoms with Crippen LogP contribution < -0.4 is 25.6 Å². The lowest BCUT2D eigenvalue weighted by molar-refractivity contribution is 0.669. The maximum atomic E-state index is 6.41. The van der Waals surface area contributed by atoms with Crippen molar-refractivity contribution in [3.8, 4) is 33.4 Å². The second-order valence-corrected chi connectivity index (χ2v) is 24.8. The molecule has 0 aliphatic carbocycles. The minimum Gasteiger partial charge on any atom is -0.456 e. The lowest BCUT2D eigenvalue weighted by Gasteiger charge is -2.30. The van der Waals surface area contributed by atoms with Gasteiger partial charge in [0.2, 0.25) is 0 Å². The van der Waals surface area contributed by atoms with E-state index in [4.69, 9.17) is 4.42 Å². The van der Waals surface area contributed by atoms with E-state index in [-0.39, 0.29) is 0 Å². The van der Waals surface area contributed by atoms with E-state index >= 15 is 0 Å². The van der Waals surface area contributed by atoms with Gasteiger partial charge in [0.15, 0.2) is 0 Å². The molecule has 0 bridgehead atoms. The molecule has 0 amide bonds. The van der Waals surface area contributed by atoms with Crippen LogP contribution in [0.25, 0.3) is 66.1 Å². The van der Waals surface area contributed by atoms with Crippen molar-refractivity contribution in [1.82, 2.24) is 0 Å². The van der Waals surface area contributed by atoms with E-state index in [0.29, 0.717) is 0 Å². The van der Waals surface area contributed by atoms with Gasteiger partial charge in [-0.1, -0.05) is 141 Å². The van der Waals surface area contributed by atoms with Crippen LogP contribution in [0.1, 0.15) is 0 Å². The average molecular weight is 726 g/mol. The largest absolute Gasteiger partial charge is 0.456 e. The summed E-state index contributed by atoms with van der Waals surface area (Å²) in [6.07, 6.45) is 0. The maximum Gasteiger partial charge on any atom is 0.136 e. The predicted molar refractivity (Wildman–Crippen MR) is 236 cm³/mol. The maximum absolute atomic E-state index is 6.41. The molecular formula is C50H39NOSi2. The molecule has 2 aliphatic rings. The van der Waals surface area contributed by atoms with E-state index in [1.807, 2.05) is 0 Å². The predicted octanol–water partition coefficient (Wildman–Crippen LogP) is 11.5. The van der Waals surface area contributed by atoms with Crippen molar-refractivity contribution in [2.75, 3.05) is 4.90 Å². The fraction of sp³-hybridized carbons (Fsp3) is 0.0800. The van der Waals surface area contributed by atoms with Gasteiger partial charge in [0, 0.05) is 27.7 Å². The standard InChI is InChI=1S/C50H39NOSi2/c1-53(2)44-21-10-8-18-39(44)48-41(19-12-22-45(48)53)51(36-16-11-15-34(30-36)35-24-23-32-13-5-6-14-33(32)29-35)37-25-26-40-47(31-37)54(3,4)46-28-27-43-49(50(40)46)38-17-7-9-20-42(38)52-43/h5-31H,1-4H3. The number of nitrogens with zero attached hydrogens (tertiary/aromatic N) is 1. The van der Waals surface area contributed by atoms with Crippen LogP contribution in [0.3, 0.4) is 0 Å². The van der Waals surface area contributed by atoms with Gasteiger partial charge in [0.05, 0.1) is 5.69 Å². The first-order valence-corrected chi connectivity index (χ1v) is 25.0. The molecule has 3 heterocycles. The van der Waals surface area contributed by atoms with Gasteiger partial charge in [-0.25, -0.2) is 0 Å². The van der Waals surface area contributed by atoms with Crippen molar-refractivity contribution in [2.24, 2.45) is 0 Å². The molecule has 4 heteroatoms. The van der Waals surface area contributed by atoms with Crippen molar-refractivity contribution < 1.29 is 4.42 Å². The first kappa shape index (κ1) is 31.6. The van der Waals surface area contributed by atoms with Gasteiger partial charge in [-0.05, 0) is 108 Å². The molecule has 0 atom stereocenters. The quantitative estimate of drug-likeness (QED) is 0.168. The Morgan fingerprint density at radius 1 is 0.426 bits per heavy atom. The highest BCUT2D eigenvalue weighted by molar-refractivity contribution is 7.04. The van der Waals surface area contributed by atoms with Crippen LogP contribution in [0, 0.1) is 0 Å². The summed E-state index contributed by atoms with van der Waals surface area (Å²) in [6.45, 7) is 10.1. The van der Waals surface area contributed by atoms with Crippen LogP contribution >= 0.6 is 0 Å². The summed E-state index contributed by atoms with van der Waals surface area (Å²) < 4.78 is 6.41. The smallest absolute Gasteiger partial charge is 0.136 e. The Morgan fingerprint density at radius 2 is 1.11 bits per heavy atom. The van der Waals surface area contributed by atoms with Crippen molar-refractivity contribution in [3.63, 3.8) is 0 Å². The summed E-state index contributed by atoms with van der Waals surface area (Å²) in [5.74, 6) is 0. The van der Waals surface area contributed by atoms with Crippen LogP contribution in [-0.4, -0.2) is 16.1 Å². The van der Waals surface area contributed by atoms with Crippen molar-refractivity contribution >= 4 is 86.7 Å². The van der Waals surface area contributed by atoms with E-state index < -0.39 is 16.1 Å². The van der Waals surface area contributed by atoms with Gasteiger partial charge in [-0.2, -0.15) is 0 Å². The minimum atomic E-state index is -2.09. The van der Waals surface area contributed by atoms with Gasteiger partial charge < -0.3 is 9.32 Å². The minimum absolute atomic E-state index is 0.951. The zero-order valence-electron chi connectivity index (χ0n) is 30.9. The fourth-order valence-electron chi connectivity index (χ4n) is 9.71. The third-order valence-electron chi connectivity index (χ3n) is 12.4. The number of benzene rings is 8. The Morgan fingerprint density at radius 3 is 2.02 bits per heavy atom. The van der Waals surface area contributed by atoms with E-state index in [1.54, 1.807) is 0 Å². The molecule has 0 fully saturated rings. The number of rotatable bonds is 4. The van der Waals surface area contributed by atoms with Crippen LogP contribution in [0.5, 0.6) is 0 Å². The molecule has 1 aromatic heterocycles. The van der Waals surface area contributed by atoms with Gasteiger partial charge in [-0.15, -0.1) is 0 Å². The normalized spacial score (nSPS) is 14.6. The zero-order valence-corrected chi connectivity index (χ0v) is 32.9. The van der Waals surface area contributed by atoms with Crippen molar-refractivity contribution in [3.05, 3.63) is 164 Å². The molecule has 11 rings (SSSR count). The number of fused-ring (bicyclic) bond motifs is 11. The third-order valence-corrected chi connectivity index (χ3v) is 19.5. The molecule has 0 spiro atoms. The van der Waals surface area contributed by atoms with Gasteiger partial charge in [-0.3, -0.25) is 0 Å². The molecule has 0 unspecified atom stereocenters. The molecular weight excluding hydrogens is 687 g/mol. The second kappa shape index (κ2) is 11.3. The zero-order chi connectivity index (χ0) is 36.3. The lowest BCUT2D eigenvalue weighted by Crippen LogP contribution is -2.49. The average Bonchev–Trinajstić information content (AvgIpc) is 3.78. The Hall–Kier alpha value is -5.95. The first-order valence-electron chi connectivity index (χ1n) is 19.0. The number of para-hydroxylation sites is 1. The highest BCUT2D eigenvalue weighted by Gasteiger charge is 2.41. The summed E-state index contributed by atoms with van der Waals surface area (Å²) in [6, 6.07) is 61.1. The number of anilines is 3. The molecule has 0 saturated heterocycles. The molecule has 0 saturated carbocycles. The molecule has 2 aliphatic heterocycles. The second-order valence-electron chi connectivity index (χ2n) is 16.1. The summed E-state index contributed by atoms with van der Waals surface area (Å²) in [4.78, 5) is 2.55. The van der Waals surface area contributed by atoms with Crippen LogP contribution in [0.4, 0.5) is 17.1 Å². The Labute approximate surface area is 318 Å². The lowest BCUT2D eigenvalue weighted by atomic mass is 9.98. The summed E-state index contributed by atoms with van der Waals surface area (Å²) in [5.41, 5.74) is 13.4. The van der Waals surface area contributed by atoms with Crippen LogP contribution in [0.2, 0.25) is 26.2 Å². The van der Waals surface area contributed by atoms with E-state index in [1.165, 1.54) is 87.0 Å². The molecule has 2 nitrogen and oxygen atoms in total.